The Balaban J connectivity index is 1.09. The minimum Gasteiger partial charge on any atom is -0.387 e. The fourth-order valence-electron chi connectivity index (χ4n) is 6.08. The lowest BCUT2D eigenvalue weighted by molar-refractivity contribution is -0.0918. The fraction of sp³-hybridized carbons (Fsp3) is 0.560. The number of aromatic nitrogens is 4. The molecule has 9 heteroatoms. The lowest BCUT2D eigenvalue weighted by Crippen LogP contribution is -2.50. The van der Waals surface area contributed by atoms with Crippen molar-refractivity contribution in [2.45, 2.75) is 51.6 Å². The Labute approximate surface area is 199 Å². The zero-order valence-electron chi connectivity index (χ0n) is 19.6. The van der Waals surface area contributed by atoms with Gasteiger partial charge in [-0.05, 0) is 79.9 Å². The van der Waals surface area contributed by atoms with Crippen molar-refractivity contribution in [1.29, 1.82) is 0 Å². The summed E-state index contributed by atoms with van der Waals surface area (Å²) in [6.07, 6.45) is 4.96. The summed E-state index contributed by atoms with van der Waals surface area (Å²) in [5.41, 5.74) is 4.90. The van der Waals surface area contributed by atoms with E-state index in [0.29, 0.717) is 18.6 Å². The number of β-amino-alcohol motifs (C(OH)–C–C–N with tert-alkyl or cyclic N) is 1. The standard InChI is InChI=1S/C25H32N6O3/c1-17-18(3-4-19-20(17)14-34-24(19)33)21(32)13-29-11-8-25(9-12-29)7-2-10-30(15-25)23-6-5-22-27-26-16-31(22)28-23/h3-6,16,21,24,32-33H,2,7-15H2,1H3/t21-,24?/m0/s1. The normalized spacial score (nSPS) is 23.5. The molecule has 0 radical (unpaired) electrons. The SMILES string of the molecule is Cc1c([C@@H](O)CN2CCC3(CCCN(c4ccc5nncn5n4)C3)CC2)ccc2c1COC2O. The molecule has 2 atom stereocenters. The molecule has 6 rings (SSSR count). The van der Waals surface area contributed by atoms with Crippen LogP contribution in [0.4, 0.5) is 5.82 Å². The van der Waals surface area contributed by atoms with E-state index in [2.05, 4.69) is 26.1 Å². The molecule has 0 bridgehead atoms. The van der Waals surface area contributed by atoms with Gasteiger partial charge in [-0.2, -0.15) is 4.52 Å². The lowest BCUT2D eigenvalue weighted by atomic mass is 9.72. The predicted octanol–water partition coefficient (Wildman–Crippen LogP) is 2.37. The molecule has 3 aliphatic rings. The van der Waals surface area contributed by atoms with Crippen LogP contribution in [0.15, 0.2) is 30.6 Å². The van der Waals surface area contributed by atoms with E-state index in [0.717, 1.165) is 72.7 Å². The van der Waals surface area contributed by atoms with Crippen molar-refractivity contribution < 1.29 is 14.9 Å². The maximum absolute atomic E-state index is 11.0. The van der Waals surface area contributed by atoms with Gasteiger partial charge in [-0.1, -0.05) is 12.1 Å². The van der Waals surface area contributed by atoms with E-state index in [1.807, 2.05) is 25.1 Å². The Morgan fingerprint density at radius 2 is 2.00 bits per heavy atom. The molecule has 2 saturated heterocycles. The number of hydrogen-bond donors (Lipinski definition) is 2. The third-order valence-corrected chi connectivity index (χ3v) is 8.17. The van der Waals surface area contributed by atoms with Crippen LogP contribution in [-0.4, -0.2) is 67.6 Å². The molecule has 2 aromatic heterocycles. The van der Waals surface area contributed by atoms with Gasteiger partial charge in [-0.15, -0.1) is 15.3 Å². The van der Waals surface area contributed by atoms with Crippen LogP contribution in [0.25, 0.3) is 5.65 Å². The van der Waals surface area contributed by atoms with Gasteiger partial charge < -0.3 is 24.7 Å². The molecule has 1 aromatic carbocycles. The predicted molar refractivity (Wildman–Crippen MR) is 126 cm³/mol. The Morgan fingerprint density at radius 3 is 2.85 bits per heavy atom. The summed E-state index contributed by atoms with van der Waals surface area (Å²) < 4.78 is 7.10. The van der Waals surface area contributed by atoms with Crippen LogP contribution in [0.1, 0.15) is 60.3 Å². The number of piperidine rings is 2. The third kappa shape index (κ3) is 3.86. The Morgan fingerprint density at radius 1 is 1.15 bits per heavy atom. The first-order valence-corrected chi connectivity index (χ1v) is 12.3. The van der Waals surface area contributed by atoms with Gasteiger partial charge in [-0.25, -0.2) is 0 Å². The molecule has 0 aliphatic carbocycles. The van der Waals surface area contributed by atoms with Crippen molar-refractivity contribution >= 4 is 11.5 Å². The van der Waals surface area contributed by atoms with Gasteiger partial charge in [0.05, 0.1) is 12.7 Å². The Kier molecular flexibility index (Phi) is 5.52. The van der Waals surface area contributed by atoms with E-state index in [9.17, 15) is 10.2 Å². The van der Waals surface area contributed by atoms with Crippen molar-refractivity contribution in [3.63, 3.8) is 0 Å². The molecule has 3 aromatic rings. The van der Waals surface area contributed by atoms with Crippen LogP contribution in [0.3, 0.4) is 0 Å². The minimum absolute atomic E-state index is 0.306. The van der Waals surface area contributed by atoms with Crippen molar-refractivity contribution in [2.24, 2.45) is 5.41 Å². The zero-order valence-corrected chi connectivity index (χ0v) is 19.6. The molecule has 3 aliphatic heterocycles. The highest BCUT2D eigenvalue weighted by Gasteiger charge is 2.39. The number of likely N-dealkylation sites (tertiary alicyclic amines) is 1. The van der Waals surface area contributed by atoms with Crippen LogP contribution in [-0.2, 0) is 11.3 Å². The molecule has 1 unspecified atom stereocenters. The third-order valence-electron chi connectivity index (χ3n) is 8.17. The second kappa shape index (κ2) is 8.57. The Hall–Kier alpha value is -2.59. The van der Waals surface area contributed by atoms with E-state index in [1.165, 1.54) is 12.8 Å². The molecular formula is C25H32N6O3. The average molecular weight is 465 g/mol. The molecule has 2 fully saturated rings. The molecule has 2 N–H and O–H groups in total. The second-order valence-electron chi connectivity index (χ2n) is 10.2. The summed E-state index contributed by atoms with van der Waals surface area (Å²) in [6, 6.07) is 7.87. The van der Waals surface area contributed by atoms with Gasteiger partial charge in [0.15, 0.2) is 11.9 Å². The summed E-state index contributed by atoms with van der Waals surface area (Å²) in [7, 11) is 0. The number of aliphatic hydroxyl groups is 2. The van der Waals surface area contributed by atoms with E-state index in [-0.39, 0.29) is 0 Å². The largest absolute Gasteiger partial charge is 0.387 e. The lowest BCUT2D eigenvalue weighted by Gasteiger charge is -2.48. The number of nitrogens with zero attached hydrogens (tertiary/aromatic N) is 6. The van der Waals surface area contributed by atoms with Gasteiger partial charge in [-0.3, -0.25) is 0 Å². The van der Waals surface area contributed by atoms with Crippen molar-refractivity contribution in [3.8, 4) is 0 Å². The summed E-state index contributed by atoms with van der Waals surface area (Å²) in [6.45, 7) is 7.10. The van der Waals surface area contributed by atoms with Gasteiger partial charge in [0.25, 0.3) is 0 Å². The monoisotopic (exact) mass is 464 g/mol. The maximum Gasteiger partial charge on any atom is 0.181 e. The summed E-state index contributed by atoms with van der Waals surface area (Å²) in [5, 5.41) is 33.7. The second-order valence-corrected chi connectivity index (χ2v) is 10.2. The summed E-state index contributed by atoms with van der Waals surface area (Å²) in [4.78, 5) is 4.81. The van der Waals surface area contributed by atoms with Crippen molar-refractivity contribution in [1.82, 2.24) is 24.7 Å². The van der Waals surface area contributed by atoms with Crippen molar-refractivity contribution in [2.75, 3.05) is 37.6 Å². The first-order valence-electron chi connectivity index (χ1n) is 12.3. The average Bonchev–Trinajstić information content (AvgIpc) is 3.47. The van der Waals surface area contributed by atoms with Crippen LogP contribution in [0.5, 0.6) is 0 Å². The number of fused-ring (bicyclic) bond motifs is 2. The molecular weight excluding hydrogens is 432 g/mol. The van der Waals surface area contributed by atoms with Crippen LogP contribution >= 0.6 is 0 Å². The topological polar surface area (TPSA) is 99.3 Å². The number of anilines is 1. The zero-order chi connectivity index (χ0) is 23.3. The highest BCUT2D eigenvalue weighted by molar-refractivity contribution is 5.46. The van der Waals surface area contributed by atoms with Gasteiger partial charge in [0.2, 0.25) is 0 Å². The van der Waals surface area contributed by atoms with Crippen LogP contribution in [0, 0.1) is 12.3 Å². The summed E-state index contributed by atoms with van der Waals surface area (Å²) >= 11 is 0. The van der Waals surface area contributed by atoms with Gasteiger partial charge in [0, 0.05) is 25.2 Å². The van der Waals surface area contributed by atoms with E-state index in [4.69, 9.17) is 9.84 Å². The van der Waals surface area contributed by atoms with E-state index in [1.54, 1.807) is 10.8 Å². The molecule has 0 amide bonds. The highest BCUT2D eigenvalue weighted by atomic mass is 16.6. The molecule has 34 heavy (non-hydrogen) atoms. The number of aliphatic hydroxyl groups excluding tert-OH is 2. The first kappa shape index (κ1) is 21.9. The molecule has 180 valence electrons. The molecule has 1 spiro atoms. The number of benzene rings is 1. The molecule has 9 nitrogen and oxygen atoms in total. The van der Waals surface area contributed by atoms with Crippen molar-refractivity contribution in [3.05, 3.63) is 52.8 Å². The van der Waals surface area contributed by atoms with E-state index >= 15 is 0 Å². The quantitative estimate of drug-likeness (QED) is 0.607. The number of rotatable bonds is 4. The Bertz CT molecular complexity index is 1190. The smallest absolute Gasteiger partial charge is 0.181 e. The minimum atomic E-state index is -0.845. The first-order chi connectivity index (χ1) is 16.5. The van der Waals surface area contributed by atoms with Gasteiger partial charge in [0.1, 0.15) is 12.1 Å². The summed E-state index contributed by atoms with van der Waals surface area (Å²) in [5.74, 6) is 0.991. The maximum atomic E-state index is 11.0. The molecule has 5 heterocycles. The highest BCUT2D eigenvalue weighted by Crippen LogP contribution is 2.41. The van der Waals surface area contributed by atoms with Crippen LogP contribution < -0.4 is 4.90 Å². The van der Waals surface area contributed by atoms with E-state index < -0.39 is 12.4 Å². The van der Waals surface area contributed by atoms with Gasteiger partial charge >= 0.3 is 0 Å². The fourth-order valence-corrected chi connectivity index (χ4v) is 6.08. The number of ether oxygens (including phenoxy) is 1. The van der Waals surface area contributed by atoms with Crippen LogP contribution in [0.2, 0.25) is 0 Å². The number of hydrogen-bond acceptors (Lipinski definition) is 8. The molecule has 0 saturated carbocycles.